The molecule has 0 atom stereocenters. The monoisotopic (exact) mass is 266 g/mol. The Kier molecular flexibility index (Phi) is 2.95. The summed E-state index contributed by atoms with van der Waals surface area (Å²) in [4.78, 5) is 11.0. The minimum atomic E-state index is -0.945. The number of fused-ring (bicyclic) bond motifs is 1. The van der Waals surface area contributed by atoms with E-state index in [1.54, 1.807) is 30.3 Å². The maximum Gasteiger partial charge on any atom is 0.335 e. The number of carboxylic acid groups (broad SMARTS) is 1. The van der Waals surface area contributed by atoms with E-state index < -0.39 is 5.97 Å². The van der Waals surface area contributed by atoms with Gasteiger partial charge in [0.05, 0.1) is 5.56 Å². The molecule has 0 aromatic heterocycles. The molecule has 0 aliphatic rings. The van der Waals surface area contributed by atoms with Crippen LogP contribution in [0.25, 0.3) is 21.9 Å². The second-order valence-corrected chi connectivity index (χ2v) is 4.55. The van der Waals surface area contributed by atoms with E-state index in [-0.39, 0.29) is 11.4 Å². The summed E-state index contributed by atoms with van der Waals surface area (Å²) in [5.74, 6) is -1.22. The van der Waals surface area contributed by atoms with Crippen LogP contribution in [0.1, 0.15) is 10.4 Å². The van der Waals surface area contributed by atoms with Crippen LogP contribution in [0.15, 0.2) is 60.7 Å². The van der Waals surface area contributed by atoms with Crippen molar-refractivity contribution in [3.8, 4) is 11.1 Å². The standard InChI is InChI=1S/C17H11FO2/c18-14-7-4-11(5-8-14)15-3-1-2-12-10-13(17(19)20)6-9-16(12)15/h1-10H,(H,19,20). The molecule has 0 bridgehead atoms. The normalized spacial score (nSPS) is 10.7. The molecule has 3 rings (SSSR count). The van der Waals surface area contributed by atoms with E-state index in [4.69, 9.17) is 5.11 Å². The van der Waals surface area contributed by atoms with Gasteiger partial charge >= 0.3 is 5.97 Å². The molecular weight excluding hydrogens is 255 g/mol. The summed E-state index contributed by atoms with van der Waals surface area (Å²) in [5.41, 5.74) is 2.12. The molecule has 2 nitrogen and oxygen atoms in total. The van der Waals surface area contributed by atoms with Gasteiger partial charge < -0.3 is 5.11 Å². The summed E-state index contributed by atoms with van der Waals surface area (Å²) >= 11 is 0. The molecule has 1 N–H and O–H groups in total. The van der Waals surface area contributed by atoms with Gasteiger partial charge in [0, 0.05) is 0 Å². The molecule has 0 aliphatic heterocycles. The molecule has 98 valence electrons. The maximum atomic E-state index is 13.0. The van der Waals surface area contributed by atoms with Gasteiger partial charge in [-0.2, -0.15) is 0 Å². The minimum Gasteiger partial charge on any atom is -0.478 e. The summed E-state index contributed by atoms with van der Waals surface area (Å²) in [6, 6.07) is 17.0. The van der Waals surface area contributed by atoms with E-state index >= 15 is 0 Å². The third-order valence-electron chi connectivity index (χ3n) is 3.28. The Balaban J connectivity index is 2.21. The summed E-state index contributed by atoms with van der Waals surface area (Å²) in [6.07, 6.45) is 0. The van der Waals surface area contributed by atoms with Gasteiger partial charge in [-0.05, 0) is 46.2 Å². The Morgan fingerprint density at radius 3 is 2.40 bits per heavy atom. The van der Waals surface area contributed by atoms with Gasteiger partial charge in [-0.15, -0.1) is 0 Å². The number of benzene rings is 3. The topological polar surface area (TPSA) is 37.3 Å². The van der Waals surface area contributed by atoms with Crippen LogP contribution in [0, 0.1) is 5.82 Å². The zero-order valence-corrected chi connectivity index (χ0v) is 10.5. The van der Waals surface area contributed by atoms with Crippen LogP contribution in [0.3, 0.4) is 0 Å². The van der Waals surface area contributed by atoms with E-state index in [2.05, 4.69) is 0 Å². The molecule has 3 aromatic carbocycles. The third-order valence-corrected chi connectivity index (χ3v) is 3.28. The highest BCUT2D eigenvalue weighted by molar-refractivity contribution is 6.00. The number of carbonyl (C=O) groups is 1. The first-order valence-corrected chi connectivity index (χ1v) is 6.17. The molecule has 3 heteroatoms. The number of hydrogen-bond donors (Lipinski definition) is 1. The van der Waals surface area contributed by atoms with Crippen LogP contribution in [0.2, 0.25) is 0 Å². The van der Waals surface area contributed by atoms with Crippen LogP contribution < -0.4 is 0 Å². The zero-order valence-electron chi connectivity index (χ0n) is 10.5. The van der Waals surface area contributed by atoms with Gasteiger partial charge in [-0.1, -0.05) is 36.4 Å². The van der Waals surface area contributed by atoms with Crippen molar-refractivity contribution >= 4 is 16.7 Å². The molecule has 0 heterocycles. The molecule has 0 amide bonds. The van der Waals surface area contributed by atoms with Gasteiger partial charge in [0.25, 0.3) is 0 Å². The molecule has 0 saturated carbocycles. The average molecular weight is 266 g/mol. The Hall–Kier alpha value is -2.68. The predicted octanol–water partition coefficient (Wildman–Crippen LogP) is 4.34. The average Bonchev–Trinajstić information content (AvgIpc) is 2.47. The van der Waals surface area contributed by atoms with Crippen LogP contribution in [-0.4, -0.2) is 11.1 Å². The summed E-state index contributed by atoms with van der Waals surface area (Å²) in [6.45, 7) is 0. The molecular formula is C17H11FO2. The van der Waals surface area contributed by atoms with Crippen molar-refractivity contribution in [1.82, 2.24) is 0 Å². The van der Waals surface area contributed by atoms with Crippen molar-refractivity contribution in [3.05, 3.63) is 72.0 Å². The van der Waals surface area contributed by atoms with E-state index in [1.165, 1.54) is 12.1 Å². The number of halogens is 1. The highest BCUT2D eigenvalue weighted by Crippen LogP contribution is 2.29. The van der Waals surface area contributed by atoms with Crippen molar-refractivity contribution in [2.75, 3.05) is 0 Å². The molecule has 0 spiro atoms. The van der Waals surface area contributed by atoms with Crippen LogP contribution in [-0.2, 0) is 0 Å². The van der Waals surface area contributed by atoms with Gasteiger partial charge in [0.1, 0.15) is 5.82 Å². The smallest absolute Gasteiger partial charge is 0.335 e. The Morgan fingerprint density at radius 2 is 1.70 bits per heavy atom. The van der Waals surface area contributed by atoms with Gasteiger partial charge in [0.15, 0.2) is 0 Å². The second kappa shape index (κ2) is 4.78. The molecule has 0 aliphatic carbocycles. The fraction of sp³-hybridized carbons (Fsp3) is 0. The van der Waals surface area contributed by atoms with Gasteiger partial charge in [0.2, 0.25) is 0 Å². The first kappa shape index (κ1) is 12.4. The van der Waals surface area contributed by atoms with E-state index in [9.17, 15) is 9.18 Å². The molecule has 0 saturated heterocycles. The lowest BCUT2D eigenvalue weighted by Crippen LogP contribution is -1.95. The fourth-order valence-electron chi connectivity index (χ4n) is 2.30. The first-order valence-electron chi connectivity index (χ1n) is 6.17. The number of hydrogen-bond acceptors (Lipinski definition) is 1. The summed E-state index contributed by atoms with van der Waals surface area (Å²) < 4.78 is 13.0. The quantitative estimate of drug-likeness (QED) is 0.749. The Labute approximate surface area is 115 Å². The lowest BCUT2D eigenvalue weighted by Gasteiger charge is -2.07. The Morgan fingerprint density at radius 1 is 0.950 bits per heavy atom. The van der Waals surface area contributed by atoms with Crippen LogP contribution in [0.4, 0.5) is 4.39 Å². The predicted molar refractivity (Wildman–Crippen MR) is 76.3 cm³/mol. The highest BCUT2D eigenvalue weighted by Gasteiger charge is 2.07. The Bertz CT molecular complexity index is 792. The summed E-state index contributed by atoms with van der Waals surface area (Å²) in [5, 5.41) is 10.8. The van der Waals surface area contributed by atoms with E-state index in [1.807, 2.05) is 18.2 Å². The molecule has 0 unspecified atom stereocenters. The van der Waals surface area contributed by atoms with E-state index in [0.717, 1.165) is 21.9 Å². The summed E-state index contributed by atoms with van der Waals surface area (Å²) in [7, 11) is 0. The van der Waals surface area contributed by atoms with Crippen molar-refractivity contribution < 1.29 is 14.3 Å². The van der Waals surface area contributed by atoms with Gasteiger partial charge in [-0.25, -0.2) is 9.18 Å². The number of aromatic carboxylic acids is 1. The molecule has 0 fully saturated rings. The SMILES string of the molecule is O=C(O)c1ccc2c(-c3ccc(F)cc3)cccc2c1. The third kappa shape index (κ3) is 2.14. The van der Waals surface area contributed by atoms with Gasteiger partial charge in [-0.3, -0.25) is 0 Å². The van der Waals surface area contributed by atoms with Crippen molar-refractivity contribution in [2.24, 2.45) is 0 Å². The zero-order chi connectivity index (χ0) is 14.1. The van der Waals surface area contributed by atoms with Crippen molar-refractivity contribution in [2.45, 2.75) is 0 Å². The minimum absolute atomic E-state index is 0.258. The molecule has 0 radical (unpaired) electrons. The fourth-order valence-corrected chi connectivity index (χ4v) is 2.30. The van der Waals surface area contributed by atoms with Crippen molar-refractivity contribution in [3.63, 3.8) is 0 Å². The lowest BCUT2D eigenvalue weighted by molar-refractivity contribution is 0.0697. The molecule has 20 heavy (non-hydrogen) atoms. The van der Waals surface area contributed by atoms with Crippen molar-refractivity contribution in [1.29, 1.82) is 0 Å². The number of rotatable bonds is 2. The largest absolute Gasteiger partial charge is 0.478 e. The second-order valence-electron chi connectivity index (χ2n) is 4.55. The highest BCUT2D eigenvalue weighted by atomic mass is 19.1. The maximum absolute atomic E-state index is 13.0. The van der Waals surface area contributed by atoms with E-state index in [0.29, 0.717) is 0 Å². The van der Waals surface area contributed by atoms with Crippen LogP contribution in [0.5, 0.6) is 0 Å². The van der Waals surface area contributed by atoms with Crippen LogP contribution >= 0.6 is 0 Å². The lowest BCUT2D eigenvalue weighted by atomic mass is 9.97. The number of carboxylic acids is 1. The molecule has 3 aromatic rings. The first-order chi connectivity index (χ1) is 9.65.